The highest BCUT2D eigenvalue weighted by Crippen LogP contribution is 2.41. The van der Waals surface area contributed by atoms with E-state index in [0.717, 1.165) is 24.5 Å². The summed E-state index contributed by atoms with van der Waals surface area (Å²) in [6.07, 6.45) is 1.04. The lowest BCUT2D eigenvalue weighted by Crippen LogP contribution is -2.37. The Morgan fingerprint density at radius 1 is 1.11 bits per heavy atom. The molecule has 1 aromatic carbocycles. The van der Waals surface area contributed by atoms with Crippen molar-refractivity contribution in [1.29, 1.82) is 0 Å². The van der Waals surface area contributed by atoms with Crippen molar-refractivity contribution in [2.75, 3.05) is 20.8 Å². The van der Waals surface area contributed by atoms with Crippen LogP contribution in [0.25, 0.3) is 0 Å². The number of nitrogens with one attached hydrogen (secondary N) is 1. The summed E-state index contributed by atoms with van der Waals surface area (Å²) < 4.78 is 10.8. The zero-order valence-corrected chi connectivity index (χ0v) is 12.0. The molecule has 1 N–H and O–H groups in total. The van der Waals surface area contributed by atoms with Crippen LogP contribution in [0.1, 0.15) is 37.9 Å². The van der Waals surface area contributed by atoms with Gasteiger partial charge >= 0.3 is 0 Å². The summed E-state index contributed by atoms with van der Waals surface area (Å²) in [6, 6.07) is 4.60. The van der Waals surface area contributed by atoms with Crippen LogP contribution in [0.2, 0.25) is 0 Å². The highest BCUT2D eigenvalue weighted by atomic mass is 16.5. The van der Waals surface area contributed by atoms with Crippen LogP contribution < -0.4 is 14.8 Å². The summed E-state index contributed by atoms with van der Waals surface area (Å²) >= 11 is 0. The van der Waals surface area contributed by atoms with Gasteiger partial charge in [0.2, 0.25) is 0 Å². The highest BCUT2D eigenvalue weighted by Gasteiger charge is 2.31. The molecule has 0 saturated heterocycles. The summed E-state index contributed by atoms with van der Waals surface area (Å²) in [5, 5.41) is 3.61. The molecule has 1 aliphatic rings. The number of hydrogen-bond acceptors (Lipinski definition) is 3. The fourth-order valence-electron chi connectivity index (χ4n) is 2.66. The molecule has 3 heteroatoms. The molecule has 0 radical (unpaired) electrons. The molecule has 1 aliphatic heterocycles. The first kappa shape index (κ1) is 13.2. The lowest BCUT2D eigenvalue weighted by molar-refractivity contribution is 0.261. The van der Waals surface area contributed by atoms with Crippen molar-refractivity contribution >= 4 is 0 Å². The van der Waals surface area contributed by atoms with Crippen LogP contribution in [0.5, 0.6) is 11.5 Å². The van der Waals surface area contributed by atoms with Gasteiger partial charge in [0.1, 0.15) is 0 Å². The van der Waals surface area contributed by atoms with Gasteiger partial charge in [-0.3, -0.25) is 0 Å². The maximum Gasteiger partial charge on any atom is 0.161 e. The van der Waals surface area contributed by atoms with Crippen LogP contribution in [0.4, 0.5) is 0 Å². The molecule has 0 bridgehead atoms. The second-order valence-corrected chi connectivity index (χ2v) is 5.91. The van der Waals surface area contributed by atoms with Crippen molar-refractivity contribution in [3.05, 3.63) is 23.3 Å². The molecule has 1 atom stereocenters. The van der Waals surface area contributed by atoms with E-state index in [4.69, 9.17) is 9.47 Å². The number of benzene rings is 1. The second-order valence-electron chi connectivity index (χ2n) is 5.91. The zero-order valence-electron chi connectivity index (χ0n) is 12.0. The van der Waals surface area contributed by atoms with E-state index in [-0.39, 0.29) is 5.41 Å². The molecule has 2 rings (SSSR count). The summed E-state index contributed by atoms with van der Waals surface area (Å²) in [4.78, 5) is 0. The van der Waals surface area contributed by atoms with Crippen molar-refractivity contribution in [2.24, 2.45) is 5.41 Å². The van der Waals surface area contributed by atoms with E-state index in [9.17, 15) is 0 Å². The molecular weight excluding hydrogens is 226 g/mol. The third kappa shape index (κ3) is 2.32. The molecule has 0 fully saturated rings. The van der Waals surface area contributed by atoms with Gasteiger partial charge in [0.15, 0.2) is 11.5 Å². The third-order valence-electron chi connectivity index (χ3n) is 3.57. The van der Waals surface area contributed by atoms with E-state index in [1.165, 1.54) is 11.1 Å². The van der Waals surface area contributed by atoms with Gasteiger partial charge in [0, 0.05) is 6.04 Å². The molecule has 100 valence electrons. The minimum atomic E-state index is 0.189. The number of methoxy groups -OCH3 is 2. The van der Waals surface area contributed by atoms with Crippen LogP contribution in [0.3, 0.4) is 0 Å². The topological polar surface area (TPSA) is 30.5 Å². The molecule has 1 unspecified atom stereocenters. The molecule has 0 aromatic heterocycles. The lowest BCUT2D eigenvalue weighted by Gasteiger charge is -2.37. The Morgan fingerprint density at radius 3 is 2.28 bits per heavy atom. The van der Waals surface area contributed by atoms with Crippen molar-refractivity contribution < 1.29 is 9.47 Å². The van der Waals surface area contributed by atoms with Crippen molar-refractivity contribution in [1.82, 2.24) is 5.32 Å². The standard InChI is InChI=1S/C15H23NO2/c1-15(2,3)14-11-9-13(18-5)12(17-4)8-10(11)6-7-16-14/h8-9,14,16H,6-7H2,1-5H3. The van der Waals surface area contributed by atoms with E-state index < -0.39 is 0 Å². The molecular formula is C15H23NO2. The van der Waals surface area contributed by atoms with Crippen LogP contribution in [0, 0.1) is 5.41 Å². The third-order valence-corrected chi connectivity index (χ3v) is 3.57. The first-order valence-electron chi connectivity index (χ1n) is 6.45. The van der Waals surface area contributed by atoms with Crippen molar-refractivity contribution in [2.45, 2.75) is 33.2 Å². The van der Waals surface area contributed by atoms with Gasteiger partial charge in [-0.15, -0.1) is 0 Å². The maximum atomic E-state index is 5.41. The van der Waals surface area contributed by atoms with E-state index in [0.29, 0.717) is 6.04 Å². The summed E-state index contributed by atoms with van der Waals surface area (Å²) in [5.41, 5.74) is 2.90. The molecule has 0 aliphatic carbocycles. The van der Waals surface area contributed by atoms with Crippen LogP contribution in [0.15, 0.2) is 12.1 Å². The molecule has 0 spiro atoms. The summed E-state index contributed by atoms with van der Waals surface area (Å²) in [7, 11) is 3.37. The normalized spacial score (nSPS) is 19.3. The number of hydrogen-bond donors (Lipinski definition) is 1. The number of fused-ring (bicyclic) bond motifs is 1. The first-order chi connectivity index (χ1) is 8.47. The highest BCUT2D eigenvalue weighted by molar-refractivity contribution is 5.49. The van der Waals surface area contributed by atoms with E-state index in [1.54, 1.807) is 14.2 Å². The van der Waals surface area contributed by atoms with Gasteiger partial charge in [-0.1, -0.05) is 20.8 Å². The van der Waals surface area contributed by atoms with Crippen LogP contribution in [-0.4, -0.2) is 20.8 Å². The zero-order chi connectivity index (χ0) is 13.3. The van der Waals surface area contributed by atoms with E-state index in [2.05, 4.69) is 38.2 Å². The quantitative estimate of drug-likeness (QED) is 0.874. The molecule has 3 nitrogen and oxygen atoms in total. The molecule has 18 heavy (non-hydrogen) atoms. The smallest absolute Gasteiger partial charge is 0.161 e. The van der Waals surface area contributed by atoms with Gasteiger partial charge in [-0.25, -0.2) is 0 Å². The predicted octanol–water partition coefficient (Wildman–Crippen LogP) is 2.94. The van der Waals surface area contributed by atoms with Gasteiger partial charge in [0.25, 0.3) is 0 Å². The molecule has 1 heterocycles. The fraction of sp³-hybridized carbons (Fsp3) is 0.600. The van der Waals surface area contributed by atoms with E-state index >= 15 is 0 Å². The largest absolute Gasteiger partial charge is 0.493 e. The molecule has 1 aromatic rings. The van der Waals surface area contributed by atoms with Crippen molar-refractivity contribution in [3.63, 3.8) is 0 Å². The van der Waals surface area contributed by atoms with Crippen LogP contribution >= 0.6 is 0 Å². The summed E-state index contributed by atoms with van der Waals surface area (Å²) in [6.45, 7) is 7.80. The van der Waals surface area contributed by atoms with Gasteiger partial charge in [-0.05, 0) is 41.6 Å². The Morgan fingerprint density at radius 2 is 1.72 bits per heavy atom. The Labute approximate surface area is 109 Å². The van der Waals surface area contributed by atoms with Gasteiger partial charge in [0.05, 0.1) is 14.2 Å². The Kier molecular flexibility index (Phi) is 3.53. The molecule has 0 amide bonds. The van der Waals surface area contributed by atoms with Crippen molar-refractivity contribution in [3.8, 4) is 11.5 Å². The average Bonchev–Trinajstić information content (AvgIpc) is 2.35. The average molecular weight is 249 g/mol. The fourth-order valence-corrected chi connectivity index (χ4v) is 2.66. The predicted molar refractivity (Wildman–Crippen MR) is 73.4 cm³/mol. The monoisotopic (exact) mass is 249 g/mol. The second kappa shape index (κ2) is 4.81. The minimum absolute atomic E-state index is 0.189. The SMILES string of the molecule is COc1cc2c(cc1OC)C(C(C)(C)C)NCC2. The van der Waals surface area contributed by atoms with E-state index in [1.807, 2.05) is 0 Å². The Bertz CT molecular complexity index is 435. The van der Waals surface area contributed by atoms with Gasteiger partial charge in [-0.2, -0.15) is 0 Å². The minimum Gasteiger partial charge on any atom is -0.493 e. The molecule has 0 saturated carbocycles. The van der Waals surface area contributed by atoms with Crippen LogP contribution in [-0.2, 0) is 6.42 Å². The lowest BCUT2D eigenvalue weighted by atomic mass is 9.78. The summed E-state index contributed by atoms with van der Waals surface area (Å²) in [5.74, 6) is 1.64. The Hall–Kier alpha value is -1.22. The number of rotatable bonds is 2. The number of ether oxygens (including phenoxy) is 2. The Balaban J connectivity index is 2.50. The maximum absolute atomic E-state index is 5.41. The van der Waals surface area contributed by atoms with Gasteiger partial charge < -0.3 is 14.8 Å². The first-order valence-corrected chi connectivity index (χ1v) is 6.45.